The van der Waals surface area contributed by atoms with E-state index in [1.54, 1.807) is 0 Å². The van der Waals surface area contributed by atoms with Crippen molar-refractivity contribution in [3.63, 3.8) is 0 Å². The Morgan fingerprint density at radius 3 is 2.47 bits per heavy atom. The molecule has 0 saturated carbocycles. The Morgan fingerprint density at radius 1 is 1.32 bits per heavy atom. The van der Waals surface area contributed by atoms with Crippen molar-refractivity contribution in [1.82, 2.24) is 5.32 Å². The maximum atomic E-state index is 13.8. The lowest BCUT2D eigenvalue weighted by atomic mass is 10.0. The second kappa shape index (κ2) is 6.75. The van der Waals surface area contributed by atoms with Crippen molar-refractivity contribution < 1.29 is 22.3 Å². The van der Waals surface area contributed by atoms with E-state index in [1.807, 2.05) is 6.92 Å². The summed E-state index contributed by atoms with van der Waals surface area (Å²) >= 11 is 0. The van der Waals surface area contributed by atoms with Crippen LogP contribution in [0.3, 0.4) is 0 Å². The van der Waals surface area contributed by atoms with E-state index in [2.05, 4.69) is 5.32 Å². The quantitative estimate of drug-likeness (QED) is 0.799. The zero-order valence-corrected chi connectivity index (χ0v) is 10.9. The van der Waals surface area contributed by atoms with Crippen LogP contribution in [0.1, 0.15) is 31.4 Å². The van der Waals surface area contributed by atoms with Crippen LogP contribution in [0.25, 0.3) is 0 Å². The van der Waals surface area contributed by atoms with Crippen molar-refractivity contribution in [2.24, 2.45) is 0 Å². The normalized spacial score (nSPS) is 13.4. The standard InChI is InChI=1S/C13H17F4NO/c1-3-6-18-12(8-13(15,16)17)10-5-4-9(19-2)7-11(10)14/h4-5,7,12,18H,3,6,8H2,1-2H3. The Hall–Kier alpha value is -1.30. The average Bonchev–Trinajstić information content (AvgIpc) is 2.33. The van der Waals surface area contributed by atoms with E-state index in [4.69, 9.17) is 4.74 Å². The highest BCUT2D eigenvalue weighted by Crippen LogP contribution is 2.31. The molecule has 1 aromatic carbocycles. The Bertz CT molecular complexity index is 406. The van der Waals surface area contributed by atoms with Crippen molar-refractivity contribution in [3.05, 3.63) is 29.6 Å². The molecule has 0 amide bonds. The van der Waals surface area contributed by atoms with Crippen molar-refractivity contribution in [2.45, 2.75) is 32.0 Å². The molecular formula is C13H17F4NO. The molecule has 0 fully saturated rings. The van der Waals surface area contributed by atoms with Crippen LogP contribution in [0, 0.1) is 5.82 Å². The number of hydrogen-bond donors (Lipinski definition) is 1. The van der Waals surface area contributed by atoms with Crippen molar-refractivity contribution in [3.8, 4) is 5.75 Å². The molecule has 0 aliphatic carbocycles. The third-order valence-electron chi connectivity index (χ3n) is 2.66. The number of halogens is 4. The van der Waals surface area contributed by atoms with Crippen LogP contribution in [0.4, 0.5) is 17.6 Å². The zero-order chi connectivity index (χ0) is 14.5. The van der Waals surface area contributed by atoms with Crippen molar-refractivity contribution in [1.29, 1.82) is 0 Å². The Kier molecular flexibility index (Phi) is 5.60. The molecule has 0 saturated heterocycles. The summed E-state index contributed by atoms with van der Waals surface area (Å²) in [6.07, 6.45) is -4.78. The van der Waals surface area contributed by atoms with Crippen LogP contribution in [0.5, 0.6) is 5.75 Å². The van der Waals surface area contributed by atoms with E-state index in [0.717, 1.165) is 6.07 Å². The Labute approximate surface area is 109 Å². The van der Waals surface area contributed by atoms with Gasteiger partial charge >= 0.3 is 6.18 Å². The molecule has 1 unspecified atom stereocenters. The molecule has 0 aromatic heterocycles. The number of alkyl halides is 3. The van der Waals surface area contributed by atoms with Crippen LogP contribution in [-0.4, -0.2) is 19.8 Å². The smallest absolute Gasteiger partial charge is 0.390 e. The molecular weight excluding hydrogens is 262 g/mol. The van der Waals surface area contributed by atoms with E-state index in [0.29, 0.717) is 13.0 Å². The minimum Gasteiger partial charge on any atom is -0.497 e. The van der Waals surface area contributed by atoms with Crippen LogP contribution in [0.2, 0.25) is 0 Å². The number of benzene rings is 1. The Balaban J connectivity index is 2.96. The molecule has 0 spiro atoms. The number of ether oxygens (including phenoxy) is 1. The third kappa shape index (κ3) is 5.06. The first-order valence-corrected chi connectivity index (χ1v) is 6.01. The molecule has 19 heavy (non-hydrogen) atoms. The average molecular weight is 279 g/mol. The van der Waals surface area contributed by atoms with Gasteiger partial charge in [-0.15, -0.1) is 0 Å². The fraction of sp³-hybridized carbons (Fsp3) is 0.538. The lowest BCUT2D eigenvalue weighted by Gasteiger charge is -2.21. The summed E-state index contributed by atoms with van der Waals surface area (Å²) in [4.78, 5) is 0. The molecule has 0 radical (unpaired) electrons. The van der Waals surface area contributed by atoms with E-state index in [9.17, 15) is 17.6 Å². The molecule has 6 heteroatoms. The SMILES string of the molecule is CCCNC(CC(F)(F)F)c1ccc(OC)cc1F. The number of methoxy groups -OCH3 is 1. The number of hydrogen-bond acceptors (Lipinski definition) is 2. The number of rotatable bonds is 6. The molecule has 0 aliphatic heterocycles. The Morgan fingerprint density at radius 2 is 2.00 bits per heavy atom. The summed E-state index contributed by atoms with van der Waals surface area (Å²) in [6.45, 7) is 2.23. The fourth-order valence-electron chi connectivity index (χ4n) is 1.76. The van der Waals surface area contributed by atoms with Gasteiger partial charge in [-0.05, 0) is 19.0 Å². The van der Waals surface area contributed by atoms with Crippen LogP contribution in [0.15, 0.2) is 18.2 Å². The summed E-state index contributed by atoms with van der Waals surface area (Å²) in [7, 11) is 1.37. The topological polar surface area (TPSA) is 21.3 Å². The molecule has 0 bridgehead atoms. The highest BCUT2D eigenvalue weighted by atomic mass is 19.4. The highest BCUT2D eigenvalue weighted by molar-refractivity contribution is 5.31. The van der Waals surface area contributed by atoms with Gasteiger partial charge in [0.25, 0.3) is 0 Å². The van der Waals surface area contributed by atoms with Gasteiger partial charge < -0.3 is 10.1 Å². The van der Waals surface area contributed by atoms with E-state index < -0.39 is 24.5 Å². The van der Waals surface area contributed by atoms with Gasteiger partial charge in [0.05, 0.1) is 13.5 Å². The minimum absolute atomic E-state index is 0.00609. The summed E-state index contributed by atoms with van der Waals surface area (Å²) in [5.74, 6) is -0.417. The third-order valence-corrected chi connectivity index (χ3v) is 2.66. The van der Waals surface area contributed by atoms with Crippen LogP contribution >= 0.6 is 0 Å². The summed E-state index contributed by atoms with van der Waals surface area (Å²) in [5.41, 5.74) is 0.00609. The van der Waals surface area contributed by atoms with Gasteiger partial charge in [0.15, 0.2) is 0 Å². The summed E-state index contributed by atoms with van der Waals surface area (Å²) in [5, 5.41) is 2.72. The lowest BCUT2D eigenvalue weighted by molar-refractivity contribution is -0.140. The minimum atomic E-state index is -4.35. The number of nitrogens with one attached hydrogen (secondary N) is 1. The molecule has 1 atom stereocenters. The van der Waals surface area contributed by atoms with Gasteiger partial charge in [0.1, 0.15) is 11.6 Å². The van der Waals surface area contributed by atoms with Crippen LogP contribution in [-0.2, 0) is 0 Å². The monoisotopic (exact) mass is 279 g/mol. The predicted octanol–water partition coefficient (Wildman–Crippen LogP) is 3.83. The van der Waals surface area contributed by atoms with Crippen molar-refractivity contribution >= 4 is 0 Å². The molecule has 1 N–H and O–H groups in total. The first-order valence-electron chi connectivity index (χ1n) is 6.01. The van der Waals surface area contributed by atoms with Gasteiger partial charge in [-0.2, -0.15) is 13.2 Å². The van der Waals surface area contributed by atoms with Gasteiger partial charge in [0.2, 0.25) is 0 Å². The summed E-state index contributed by atoms with van der Waals surface area (Å²) in [6, 6.07) is 2.79. The maximum absolute atomic E-state index is 13.8. The van der Waals surface area contributed by atoms with Gasteiger partial charge in [0, 0.05) is 17.7 Å². The first-order chi connectivity index (χ1) is 8.87. The van der Waals surface area contributed by atoms with Gasteiger partial charge in [-0.1, -0.05) is 13.0 Å². The van der Waals surface area contributed by atoms with E-state index in [-0.39, 0.29) is 11.3 Å². The molecule has 0 heterocycles. The second-order valence-electron chi connectivity index (χ2n) is 4.21. The first kappa shape index (κ1) is 15.8. The van der Waals surface area contributed by atoms with E-state index >= 15 is 0 Å². The van der Waals surface area contributed by atoms with Gasteiger partial charge in [-0.3, -0.25) is 0 Å². The fourth-order valence-corrected chi connectivity index (χ4v) is 1.76. The largest absolute Gasteiger partial charge is 0.497 e. The molecule has 0 aliphatic rings. The lowest BCUT2D eigenvalue weighted by Crippen LogP contribution is -2.28. The van der Waals surface area contributed by atoms with Crippen LogP contribution < -0.4 is 10.1 Å². The van der Waals surface area contributed by atoms with Crippen molar-refractivity contribution in [2.75, 3.05) is 13.7 Å². The van der Waals surface area contributed by atoms with E-state index in [1.165, 1.54) is 19.2 Å². The second-order valence-corrected chi connectivity index (χ2v) is 4.21. The summed E-state index contributed by atoms with van der Waals surface area (Å²) < 4.78 is 56.2. The molecule has 1 aromatic rings. The highest BCUT2D eigenvalue weighted by Gasteiger charge is 2.33. The molecule has 1 rings (SSSR count). The molecule has 2 nitrogen and oxygen atoms in total. The van der Waals surface area contributed by atoms with Gasteiger partial charge in [-0.25, -0.2) is 4.39 Å². The maximum Gasteiger partial charge on any atom is 0.390 e. The zero-order valence-electron chi connectivity index (χ0n) is 10.9. The molecule has 108 valence electrons. The predicted molar refractivity (Wildman–Crippen MR) is 64.7 cm³/mol.